The van der Waals surface area contributed by atoms with E-state index >= 15 is 0 Å². The van der Waals surface area contributed by atoms with Gasteiger partial charge in [-0.05, 0) is 29.8 Å². The van der Waals surface area contributed by atoms with Gasteiger partial charge in [0.2, 0.25) is 11.6 Å². The van der Waals surface area contributed by atoms with Crippen LogP contribution in [-0.2, 0) is 4.79 Å². The number of esters is 1. The molecule has 0 saturated heterocycles. The molecule has 0 spiro atoms. The normalized spacial score (nSPS) is 10.2. The molecule has 0 aliphatic heterocycles. The molecule has 0 amide bonds. The van der Waals surface area contributed by atoms with Crippen molar-refractivity contribution < 1.29 is 31.8 Å². The van der Waals surface area contributed by atoms with E-state index in [1.54, 1.807) is 0 Å². The highest BCUT2D eigenvalue weighted by molar-refractivity contribution is 5.83. The highest BCUT2D eigenvalue weighted by Gasteiger charge is 2.20. The zero-order valence-corrected chi connectivity index (χ0v) is 12.8. The maximum Gasteiger partial charge on any atom is 0.335 e. The molecule has 0 aromatic heterocycles. The van der Waals surface area contributed by atoms with Crippen LogP contribution in [0.25, 0.3) is 11.1 Å². The highest BCUT2D eigenvalue weighted by Crippen LogP contribution is 2.33. The number of hydrogen-bond acceptors (Lipinski definition) is 3. The molecule has 130 valence electrons. The SMILES string of the molecule is C=CCOc1ccc(-c2cc(F)c(OC(=O)C=C)c(F)c2)c(F)c1F. The van der Waals surface area contributed by atoms with Gasteiger partial charge in [0.1, 0.15) is 6.61 Å². The van der Waals surface area contributed by atoms with Crippen molar-refractivity contribution in [3.05, 3.63) is 72.8 Å². The van der Waals surface area contributed by atoms with Crippen LogP contribution in [0.5, 0.6) is 11.5 Å². The summed E-state index contributed by atoms with van der Waals surface area (Å²) in [7, 11) is 0. The summed E-state index contributed by atoms with van der Waals surface area (Å²) < 4.78 is 65.4. The molecule has 0 heterocycles. The average molecular weight is 352 g/mol. The third-order valence-corrected chi connectivity index (χ3v) is 3.08. The predicted molar refractivity (Wildman–Crippen MR) is 83.2 cm³/mol. The number of carbonyl (C=O) groups is 1. The first-order chi connectivity index (χ1) is 11.9. The summed E-state index contributed by atoms with van der Waals surface area (Å²) >= 11 is 0. The lowest BCUT2D eigenvalue weighted by Crippen LogP contribution is -2.07. The van der Waals surface area contributed by atoms with Crippen molar-refractivity contribution in [3.8, 4) is 22.6 Å². The van der Waals surface area contributed by atoms with E-state index in [1.165, 1.54) is 6.08 Å². The van der Waals surface area contributed by atoms with Crippen molar-refractivity contribution in [2.24, 2.45) is 0 Å². The third kappa shape index (κ3) is 3.88. The summed E-state index contributed by atoms with van der Waals surface area (Å²) in [4.78, 5) is 11.1. The van der Waals surface area contributed by atoms with Crippen molar-refractivity contribution in [1.82, 2.24) is 0 Å². The molecule has 3 nitrogen and oxygen atoms in total. The molecule has 0 aliphatic rings. The first-order valence-electron chi connectivity index (χ1n) is 6.94. The van der Waals surface area contributed by atoms with Crippen molar-refractivity contribution in [1.29, 1.82) is 0 Å². The van der Waals surface area contributed by atoms with Crippen LogP contribution in [0.4, 0.5) is 17.6 Å². The minimum Gasteiger partial charge on any atom is -0.486 e. The zero-order valence-electron chi connectivity index (χ0n) is 12.8. The minimum atomic E-state index is -1.34. The molecule has 7 heteroatoms. The topological polar surface area (TPSA) is 35.5 Å². The summed E-state index contributed by atoms with van der Waals surface area (Å²) in [6.07, 6.45) is 2.07. The fraction of sp³-hybridized carbons (Fsp3) is 0.0556. The van der Waals surface area contributed by atoms with Gasteiger partial charge in [0.25, 0.3) is 0 Å². The number of hydrogen-bond donors (Lipinski definition) is 0. The van der Waals surface area contributed by atoms with Gasteiger partial charge in [0.15, 0.2) is 23.2 Å². The second-order valence-corrected chi connectivity index (χ2v) is 4.73. The lowest BCUT2D eigenvalue weighted by Gasteiger charge is -2.11. The molecule has 0 saturated carbocycles. The van der Waals surface area contributed by atoms with Crippen LogP contribution in [0.2, 0.25) is 0 Å². The minimum absolute atomic E-state index is 0.0394. The quantitative estimate of drug-likeness (QED) is 0.251. The van der Waals surface area contributed by atoms with Gasteiger partial charge in [-0.15, -0.1) is 0 Å². The van der Waals surface area contributed by atoms with Gasteiger partial charge in [-0.3, -0.25) is 0 Å². The van der Waals surface area contributed by atoms with Crippen molar-refractivity contribution in [2.45, 2.75) is 0 Å². The van der Waals surface area contributed by atoms with Crippen LogP contribution in [0, 0.1) is 23.3 Å². The molecule has 0 fully saturated rings. The van der Waals surface area contributed by atoms with Crippen LogP contribution in [-0.4, -0.2) is 12.6 Å². The van der Waals surface area contributed by atoms with E-state index < -0.39 is 35.0 Å². The average Bonchev–Trinajstić information content (AvgIpc) is 2.59. The lowest BCUT2D eigenvalue weighted by atomic mass is 10.0. The first kappa shape index (κ1) is 18.3. The number of halogens is 4. The molecule has 2 aromatic rings. The Balaban J connectivity index is 2.45. The Morgan fingerprint density at radius 2 is 1.68 bits per heavy atom. The Kier molecular flexibility index (Phi) is 5.59. The maximum atomic E-state index is 14.2. The Labute approximate surface area is 140 Å². The van der Waals surface area contributed by atoms with Gasteiger partial charge in [-0.25, -0.2) is 18.0 Å². The van der Waals surface area contributed by atoms with Crippen molar-refractivity contribution in [2.75, 3.05) is 6.61 Å². The fourth-order valence-electron chi connectivity index (χ4n) is 1.97. The largest absolute Gasteiger partial charge is 0.486 e. The number of ether oxygens (including phenoxy) is 2. The van der Waals surface area contributed by atoms with Gasteiger partial charge >= 0.3 is 5.97 Å². The third-order valence-electron chi connectivity index (χ3n) is 3.08. The Morgan fingerprint density at radius 1 is 1.04 bits per heavy atom. The Hall–Kier alpha value is -3.09. The number of benzene rings is 2. The summed E-state index contributed by atoms with van der Waals surface area (Å²) in [6, 6.07) is 3.67. The van der Waals surface area contributed by atoms with E-state index in [2.05, 4.69) is 17.9 Å². The van der Waals surface area contributed by atoms with E-state index in [9.17, 15) is 22.4 Å². The van der Waals surface area contributed by atoms with Crippen LogP contribution in [0.15, 0.2) is 49.6 Å². The summed E-state index contributed by atoms with van der Waals surface area (Å²) in [5, 5.41) is 0. The van der Waals surface area contributed by atoms with E-state index in [-0.39, 0.29) is 23.5 Å². The molecule has 2 aromatic carbocycles. The molecule has 0 radical (unpaired) electrons. The maximum absolute atomic E-state index is 14.2. The lowest BCUT2D eigenvalue weighted by molar-refractivity contribution is -0.129. The summed E-state index contributed by atoms with van der Waals surface area (Å²) in [5.74, 6) is -7.53. The monoisotopic (exact) mass is 352 g/mol. The fourth-order valence-corrected chi connectivity index (χ4v) is 1.97. The number of carbonyl (C=O) groups excluding carboxylic acids is 1. The Bertz CT molecular complexity index is 823. The number of rotatable bonds is 6. The second-order valence-electron chi connectivity index (χ2n) is 4.73. The molecule has 0 bridgehead atoms. The van der Waals surface area contributed by atoms with Crippen molar-refractivity contribution >= 4 is 5.97 Å². The van der Waals surface area contributed by atoms with Gasteiger partial charge < -0.3 is 9.47 Å². The Morgan fingerprint density at radius 3 is 2.24 bits per heavy atom. The summed E-state index contributed by atoms with van der Waals surface area (Å²) in [6.45, 7) is 6.44. The molecular weight excluding hydrogens is 340 g/mol. The van der Waals surface area contributed by atoms with E-state index in [1.807, 2.05) is 0 Å². The van der Waals surface area contributed by atoms with E-state index in [0.29, 0.717) is 0 Å². The smallest absolute Gasteiger partial charge is 0.335 e. The van der Waals surface area contributed by atoms with E-state index in [4.69, 9.17) is 4.74 Å². The standard InChI is InChI=1S/C18H12F4O3/c1-3-7-24-14-6-5-11(16(21)17(14)22)10-8-12(19)18(13(20)9-10)25-15(23)4-2/h3-6,8-9H,1-2,7H2. The summed E-state index contributed by atoms with van der Waals surface area (Å²) in [5.41, 5.74) is -0.664. The molecule has 0 unspecified atom stereocenters. The van der Waals surface area contributed by atoms with Crippen LogP contribution < -0.4 is 9.47 Å². The molecule has 2 rings (SSSR count). The zero-order chi connectivity index (χ0) is 18.6. The highest BCUT2D eigenvalue weighted by atomic mass is 19.2. The molecule has 0 aliphatic carbocycles. The van der Waals surface area contributed by atoms with Crippen LogP contribution in [0.3, 0.4) is 0 Å². The first-order valence-corrected chi connectivity index (χ1v) is 6.94. The van der Waals surface area contributed by atoms with Crippen molar-refractivity contribution in [3.63, 3.8) is 0 Å². The van der Waals surface area contributed by atoms with Gasteiger partial charge in [0, 0.05) is 11.6 Å². The van der Waals surface area contributed by atoms with Gasteiger partial charge in [-0.1, -0.05) is 19.2 Å². The molecule has 0 N–H and O–H groups in total. The van der Waals surface area contributed by atoms with Gasteiger partial charge in [-0.2, -0.15) is 4.39 Å². The molecule has 0 atom stereocenters. The van der Waals surface area contributed by atoms with Crippen LogP contribution >= 0.6 is 0 Å². The molecular formula is C18H12F4O3. The van der Waals surface area contributed by atoms with Crippen LogP contribution in [0.1, 0.15) is 0 Å². The predicted octanol–water partition coefficient (Wildman–Crippen LogP) is 4.57. The van der Waals surface area contributed by atoms with Gasteiger partial charge in [0.05, 0.1) is 0 Å². The second kappa shape index (κ2) is 7.65. The van der Waals surface area contributed by atoms with E-state index in [0.717, 1.165) is 30.3 Å². The molecule has 25 heavy (non-hydrogen) atoms.